The fourth-order valence-corrected chi connectivity index (χ4v) is 5.59. The minimum absolute atomic E-state index is 0.194. The first kappa shape index (κ1) is 23.6. The van der Waals surface area contributed by atoms with Gasteiger partial charge in [-0.3, -0.25) is 4.79 Å². The van der Waals surface area contributed by atoms with Gasteiger partial charge < -0.3 is 19.7 Å². The van der Waals surface area contributed by atoms with E-state index in [-0.39, 0.29) is 11.1 Å². The Kier molecular flexibility index (Phi) is 6.90. The van der Waals surface area contributed by atoms with Crippen LogP contribution in [0.5, 0.6) is 11.5 Å². The van der Waals surface area contributed by atoms with Crippen molar-refractivity contribution in [1.82, 2.24) is 9.88 Å². The highest BCUT2D eigenvalue weighted by Crippen LogP contribution is 2.34. The van der Waals surface area contributed by atoms with Crippen LogP contribution in [0.1, 0.15) is 26.4 Å². The average molecular weight is 508 g/mol. The maximum absolute atomic E-state index is 12.7. The largest absolute Gasteiger partial charge is 0.486 e. The van der Waals surface area contributed by atoms with Gasteiger partial charge in [0.05, 0.1) is 5.56 Å². The second-order valence-electron chi connectivity index (χ2n) is 8.61. The van der Waals surface area contributed by atoms with Gasteiger partial charge >= 0.3 is 0 Å². The van der Waals surface area contributed by atoms with Crippen LogP contribution in [0.3, 0.4) is 0 Å². The van der Waals surface area contributed by atoms with Crippen molar-refractivity contribution < 1.29 is 14.3 Å². The van der Waals surface area contributed by atoms with Gasteiger partial charge in [-0.2, -0.15) is 0 Å². The number of hydrogen-bond donors (Lipinski definition) is 1. The first-order valence-corrected chi connectivity index (χ1v) is 12.7. The van der Waals surface area contributed by atoms with E-state index in [0.717, 1.165) is 36.7 Å². The number of anilines is 1. The lowest BCUT2D eigenvalue weighted by Gasteiger charge is -2.21. The Morgan fingerprint density at radius 1 is 1.14 bits per heavy atom. The monoisotopic (exact) mass is 507 g/mol. The number of halogens is 1. The summed E-state index contributed by atoms with van der Waals surface area (Å²) in [5.41, 5.74) is 3.61. The van der Waals surface area contributed by atoms with Crippen molar-refractivity contribution in [2.24, 2.45) is 0 Å². The summed E-state index contributed by atoms with van der Waals surface area (Å²) in [6, 6.07) is 15.6. The zero-order chi connectivity index (χ0) is 24.4. The fourth-order valence-electron chi connectivity index (χ4n) is 4.29. The van der Waals surface area contributed by atoms with Gasteiger partial charge in [-0.05, 0) is 79.4 Å². The van der Waals surface area contributed by atoms with Gasteiger partial charge in [-0.15, -0.1) is 11.3 Å². The molecule has 0 unspecified atom stereocenters. The van der Waals surface area contributed by atoms with E-state index in [2.05, 4.69) is 53.4 Å². The molecule has 4 aromatic rings. The molecule has 0 bridgehead atoms. The van der Waals surface area contributed by atoms with Crippen LogP contribution in [-0.4, -0.2) is 42.6 Å². The van der Waals surface area contributed by atoms with Crippen molar-refractivity contribution in [2.75, 3.05) is 32.1 Å². The van der Waals surface area contributed by atoms with Gasteiger partial charge in [0.2, 0.25) is 0 Å². The zero-order valence-electron chi connectivity index (χ0n) is 19.6. The molecule has 0 atom stereocenters. The summed E-state index contributed by atoms with van der Waals surface area (Å²) in [6.07, 6.45) is 2.48. The van der Waals surface area contributed by atoms with Gasteiger partial charge in [0.15, 0.2) is 11.5 Å². The second kappa shape index (κ2) is 10.2. The van der Waals surface area contributed by atoms with Crippen molar-refractivity contribution in [3.05, 3.63) is 81.4 Å². The minimum atomic E-state index is -0.268. The van der Waals surface area contributed by atoms with Crippen LogP contribution in [0.25, 0.3) is 10.1 Å². The van der Waals surface area contributed by atoms with E-state index in [4.69, 9.17) is 21.1 Å². The third-order valence-electron chi connectivity index (χ3n) is 6.06. The Morgan fingerprint density at radius 2 is 1.97 bits per heavy atom. The van der Waals surface area contributed by atoms with Crippen molar-refractivity contribution in [3.8, 4) is 11.5 Å². The molecule has 180 valence electrons. The van der Waals surface area contributed by atoms with Crippen molar-refractivity contribution in [3.63, 3.8) is 0 Å². The minimum Gasteiger partial charge on any atom is -0.486 e. The molecular formula is C27H26ClN3O3S. The summed E-state index contributed by atoms with van der Waals surface area (Å²) in [7, 11) is 2.13. The number of carbonyl (C=O) groups excluding carboxylic acids is 1. The maximum Gasteiger partial charge on any atom is 0.258 e. The number of aromatic nitrogens is 1. The summed E-state index contributed by atoms with van der Waals surface area (Å²) >= 11 is 7.87. The van der Waals surface area contributed by atoms with Gasteiger partial charge in [-0.25, -0.2) is 4.98 Å². The molecular weight excluding hydrogens is 482 g/mol. The predicted molar refractivity (Wildman–Crippen MR) is 141 cm³/mol. The lowest BCUT2D eigenvalue weighted by atomic mass is 10.1. The highest BCUT2D eigenvalue weighted by molar-refractivity contribution is 7.19. The van der Waals surface area contributed by atoms with E-state index in [1.165, 1.54) is 26.1 Å². The molecule has 6 nitrogen and oxygen atoms in total. The molecule has 1 aliphatic heterocycles. The number of pyridine rings is 1. The van der Waals surface area contributed by atoms with E-state index in [1.54, 1.807) is 29.7 Å². The van der Waals surface area contributed by atoms with E-state index in [1.807, 2.05) is 12.1 Å². The first-order valence-electron chi connectivity index (χ1n) is 11.5. The third kappa shape index (κ3) is 5.27. The predicted octanol–water partition coefficient (Wildman–Crippen LogP) is 5.96. The molecule has 0 fully saturated rings. The molecule has 8 heteroatoms. The molecule has 1 aliphatic rings. The standard InChI is InChI=1S/C27H26ClN3O3S/c1-17-20(9-11-31(2)16-18-5-7-23-24(14-18)34-13-12-33-23)22-15-19(6-8-25(22)35-17)30-27(32)21-4-3-10-29-26(21)28/h3-8,10,14-15H,9,11-13,16H2,1-2H3,(H,30,32). The van der Waals surface area contributed by atoms with E-state index in [9.17, 15) is 4.79 Å². The number of benzene rings is 2. The molecule has 2 aromatic heterocycles. The lowest BCUT2D eigenvalue weighted by molar-refractivity contribution is 0.102. The number of nitrogens with one attached hydrogen (secondary N) is 1. The summed E-state index contributed by atoms with van der Waals surface area (Å²) in [5.74, 6) is 1.37. The first-order chi connectivity index (χ1) is 17.0. The van der Waals surface area contributed by atoms with Crippen molar-refractivity contribution in [1.29, 1.82) is 0 Å². The molecule has 35 heavy (non-hydrogen) atoms. The smallest absolute Gasteiger partial charge is 0.258 e. The molecule has 1 N–H and O–H groups in total. The summed E-state index contributed by atoms with van der Waals surface area (Å²) in [6.45, 7) is 5.08. The molecule has 0 spiro atoms. The van der Waals surface area contributed by atoms with Gasteiger partial charge in [0.25, 0.3) is 5.91 Å². The van der Waals surface area contributed by atoms with Crippen LogP contribution in [0.2, 0.25) is 5.15 Å². The summed E-state index contributed by atoms with van der Waals surface area (Å²) in [5, 5.41) is 4.33. The Morgan fingerprint density at radius 3 is 2.80 bits per heavy atom. The number of amides is 1. The van der Waals surface area contributed by atoms with Crippen LogP contribution < -0.4 is 14.8 Å². The van der Waals surface area contributed by atoms with Crippen molar-refractivity contribution >= 4 is 44.6 Å². The number of fused-ring (bicyclic) bond motifs is 2. The number of ether oxygens (including phenoxy) is 2. The lowest BCUT2D eigenvalue weighted by Crippen LogP contribution is -2.21. The van der Waals surface area contributed by atoms with Crippen molar-refractivity contribution in [2.45, 2.75) is 19.9 Å². The number of thiophene rings is 1. The van der Waals surface area contributed by atoms with Gasteiger partial charge in [0.1, 0.15) is 18.4 Å². The van der Waals surface area contributed by atoms with E-state index in [0.29, 0.717) is 18.8 Å². The average Bonchev–Trinajstić information content (AvgIpc) is 3.17. The fraction of sp³-hybridized carbons (Fsp3) is 0.259. The molecule has 0 radical (unpaired) electrons. The Bertz CT molecular complexity index is 1390. The summed E-state index contributed by atoms with van der Waals surface area (Å²) in [4.78, 5) is 20.3. The SMILES string of the molecule is Cc1sc2ccc(NC(=O)c3cccnc3Cl)cc2c1CCN(C)Cc1ccc2c(c1)OCCO2. The van der Waals surface area contributed by atoms with Gasteiger partial charge in [-0.1, -0.05) is 17.7 Å². The van der Waals surface area contributed by atoms with Crippen LogP contribution in [-0.2, 0) is 13.0 Å². The number of rotatable bonds is 7. The summed E-state index contributed by atoms with van der Waals surface area (Å²) < 4.78 is 12.6. The molecule has 0 saturated carbocycles. The zero-order valence-corrected chi connectivity index (χ0v) is 21.2. The highest BCUT2D eigenvalue weighted by Gasteiger charge is 2.15. The maximum atomic E-state index is 12.7. The number of aryl methyl sites for hydroxylation is 1. The topological polar surface area (TPSA) is 63.7 Å². The normalized spacial score (nSPS) is 12.8. The Hall–Kier alpha value is -3.13. The Balaban J connectivity index is 1.28. The number of nitrogens with zero attached hydrogens (tertiary/aromatic N) is 2. The molecule has 5 rings (SSSR count). The highest BCUT2D eigenvalue weighted by atomic mass is 35.5. The molecule has 1 amide bonds. The number of likely N-dealkylation sites (N-methyl/N-ethyl adjacent to an activating group) is 1. The number of hydrogen-bond acceptors (Lipinski definition) is 6. The van der Waals surface area contributed by atoms with E-state index < -0.39 is 0 Å². The Labute approximate surface area is 213 Å². The van der Waals surface area contributed by atoms with Crippen LogP contribution in [0.15, 0.2) is 54.7 Å². The molecule has 0 aliphatic carbocycles. The van der Waals surface area contributed by atoms with Crippen LogP contribution in [0.4, 0.5) is 5.69 Å². The molecule has 3 heterocycles. The number of carbonyl (C=O) groups is 1. The van der Waals surface area contributed by atoms with E-state index >= 15 is 0 Å². The van der Waals surface area contributed by atoms with Crippen LogP contribution in [0, 0.1) is 6.92 Å². The van der Waals surface area contributed by atoms with Gasteiger partial charge in [0, 0.05) is 34.6 Å². The molecule has 0 saturated heterocycles. The third-order valence-corrected chi connectivity index (χ3v) is 7.49. The molecule has 2 aromatic carbocycles. The quantitative estimate of drug-likeness (QED) is 0.313. The van der Waals surface area contributed by atoms with Crippen LogP contribution >= 0.6 is 22.9 Å². The second-order valence-corrected chi connectivity index (χ2v) is 10.2.